The second-order valence-electron chi connectivity index (χ2n) is 12.8. The summed E-state index contributed by atoms with van der Waals surface area (Å²) in [5, 5.41) is 2.19. The van der Waals surface area contributed by atoms with Crippen molar-refractivity contribution in [3.63, 3.8) is 0 Å². The number of aromatic nitrogens is 1. The van der Waals surface area contributed by atoms with Gasteiger partial charge in [0, 0.05) is 33.9 Å². The monoisotopic (exact) mass is 642 g/mol. The van der Waals surface area contributed by atoms with E-state index in [2.05, 4.69) is 157 Å². The first-order valence-electron chi connectivity index (χ1n) is 17.1. The van der Waals surface area contributed by atoms with Crippen LogP contribution >= 0.6 is 0 Å². The van der Waals surface area contributed by atoms with Crippen LogP contribution < -0.4 is 4.90 Å². The Bertz CT molecular complexity index is 2500. The molecule has 9 rings (SSSR count). The minimum absolute atomic E-state index is 0.346. The third-order valence-corrected chi connectivity index (χ3v) is 9.63. The van der Waals surface area contributed by atoms with E-state index < -0.39 is 0 Å². The van der Waals surface area contributed by atoms with Crippen molar-refractivity contribution in [3.05, 3.63) is 199 Å². The van der Waals surface area contributed by atoms with Gasteiger partial charge in [0.25, 0.3) is 0 Å². The molecule has 0 bridgehead atoms. The van der Waals surface area contributed by atoms with Gasteiger partial charge in [0.1, 0.15) is 5.52 Å². The van der Waals surface area contributed by atoms with Gasteiger partial charge in [-0.05, 0) is 88.2 Å². The molecule has 0 radical (unpaired) electrons. The van der Waals surface area contributed by atoms with E-state index in [0.29, 0.717) is 11.8 Å². The third-order valence-electron chi connectivity index (χ3n) is 9.63. The van der Waals surface area contributed by atoms with Gasteiger partial charge in [0.05, 0.1) is 0 Å². The Kier molecular flexibility index (Phi) is 7.64. The van der Waals surface area contributed by atoms with Crippen molar-refractivity contribution in [1.29, 1.82) is 0 Å². The van der Waals surface area contributed by atoms with Crippen LogP contribution in [0.15, 0.2) is 198 Å². The molecule has 0 aliphatic heterocycles. The highest BCUT2D eigenvalue weighted by Gasteiger charge is 2.20. The molecule has 1 heterocycles. The van der Waals surface area contributed by atoms with Crippen LogP contribution in [-0.4, -0.2) is 4.98 Å². The maximum Gasteiger partial charge on any atom is 0.227 e. The molecule has 1 unspecified atom stereocenters. The molecule has 3 nitrogen and oxygen atoms in total. The van der Waals surface area contributed by atoms with Gasteiger partial charge in [-0.25, -0.2) is 4.98 Å². The van der Waals surface area contributed by atoms with Crippen LogP contribution in [0, 0.1) is 0 Å². The molecule has 0 N–H and O–H groups in total. The predicted molar refractivity (Wildman–Crippen MR) is 207 cm³/mol. The van der Waals surface area contributed by atoms with Crippen LogP contribution in [0.5, 0.6) is 0 Å². The van der Waals surface area contributed by atoms with E-state index in [1.807, 2.05) is 36.4 Å². The van der Waals surface area contributed by atoms with Crippen LogP contribution in [0.3, 0.4) is 0 Å². The fourth-order valence-corrected chi connectivity index (χ4v) is 7.02. The lowest BCUT2D eigenvalue weighted by atomic mass is 9.91. The molecule has 8 aromatic rings. The fraction of sp³-hybridized carbons (Fsp3) is 0.0426. The molecule has 0 amide bonds. The molecule has 50 heavy (non-hydrogen) atoms. The maximum absolute atomic E-state index is 6.27. The van der Waals surface area contributed by atoms with E-state index >= 15 is 0 Å². The molecule has 1 aliphatic rings. The van der Waals surface area contributed by atoms with Gasteiger partial charge in [-0.1, -0.05) is 140 Å². The summed E-state index contributed by atoms with van der Waals surface area (Å²) in [5.74, 6) is 0.977. The molecule has 1 aromatic heterocycles. The van der Waals surface area contributed by atoms with Gasteiger partial charge < -0.3 is 9.32 Å². The summed E-state index contributed by atoms with van der Waals surface area (Å²) in [6, 6.07) is 59.9. The second-order valence-corrected chi connectivity index (χ2v) is 12.8. The highest BCUT2D eigenvalue weighted by atomic mass is 16.3. The average molecular weight is 643 g/mol. The minimum Gasteiger partial charge on any atom is -0.436 e. The summed E-state index contributed by atoms with van der Waals surface area (Å²) in [6.07, 6.45) is 7.91. The number of oxazole rings is 1. The van der Waals surface area contributed by atoms with Crippen molar-refractivity contribution in [2.45, 2.75) is 12.3 Å². The lowest BCUT2D eigenvalue weighted by Crippen LogP contribution is -2.17. The summed E-state index contributed by atoms with van der Waals surface area (Å²) >= 11 is 0. The van der Waals surface area contributed by atoms with Gasteiger partial charge in [-0.2, -0.15) is 0 Å². The molecule has 0 spiro atoms. The highest BCUT2D eigenvalue weighted by Crippen LogP contribution is 2.39. The Morgan fingerprint density at radius 3 is 1.88 bits per heavy atom. The van der Waals surface area contributed by atoms with E-state index in [-0.39, 0.29) is 0 Å². The van der Waals surface area contributed by atoms with Gasteiger partial charge >= 0.3 is 0 Å². The zero-order chi connectivity index (χ0) is 33.3. The van der Waals surface area contributed by atoms with Crippen molar-refractivity contribution in [1.82, 2.24) is 4.98 Å². The average Bonchev–Trinajstić information content (AvgIpc) is 3.65. The summed E-state index contributed by atoms with van der Waals surface area (Å²) < 4.78 is 6.27. The number of fused-ring (bicyclic) bond motifs is 3. The number of nitrogens with zero attached hydrogens (tertiary/aromatic N) is 2. The first-order valence-corrected chi connectivity index (χ1v) is 17.1. The van der Waals surface area contributed by atoms with E-state index in [9.17, 15) is 0 Å². The molecule has 238 valence electrons. The quantitative estimate of drug-likeness (QED) is 0.173. The van der Waals surface area contributed by atoms with Crippen LogP contribution in [0.1, 0.15) is 17.9 Å². The van der Waals surface area contributed by atoms with Crippen molar-refractivity contribution in [2.24, 2.45) is 0 Å². The van der Waals surface area contributed by atoms with E-state index in [1.54, 1.807) is 0 Å². The molecular formula is C47H34N2O. The van der Waals surface area contributed by atoms with E-state index in [1.165, 1.54) is 27.8 Å². The second kappa shape index (κ2) is 12.9. The van der Waals surface area contributed by atoms with E-state index in [0.717, 1.165) is 50.9 Å². The van der Waals surface area contributed by atoms with Crippen molar-refractivity contribution in [2.75, 3.05) is 4.90 Å². The highest BCUT2D eigenvalue weighted by molar-refractivity contribution is 6.05. The largest absolute Gasteiger partial charge is 0.436 e. The summed E-state index contributed by atoms with van der Waals surface area (Å²) in [5.41, 5.74) is 12.0. The Morgan fingerprint density at radius 2 is 1.16 bits per heavy atom. The topological polar surface area (TPSA) is 29.3 Å². The molecular weight excluding hydrogens is 609 g/mol. The maximum atomic E-state index is 6.27. The number of rotatable bonds is 7. The molecule has 0 fully saturated rings. The van der Waals surface area contributed by atoms with Crippen molar-refractivity contribution < 1.29 is 4.42 Å². The summed E-state index contributed by atoms with van der Waals surface area (Å²) in [7, 11) is 0. The molecule has 0 saturated heterocycles. The Hall–Kier alpha value is -6.45. The Balaban J connectivity index is 1.14. The number of hydrogen-bond donors (Lipinski definition) is 0. The minimum atomic E-state index is 0.346. The summed E-state index contributed by atoms with van der Waals surface area (Å²) in [4.78, 5) is 7.38. The van der Waals surface area contributed by atoms with Crippen LogP contribution in [0.4, 0.5) is 11.4 Å². The lowest BCUT2D eigenvalue weighted by Gasteiger charge is -2.29. The van der Waals surface area contributed by atoms with Crippen LogP contribution in [0.2, 0.25) is 0 Å². The Labute approximate surface area is 292 Å². The summed E-state index contributed by atoms with van der Waals surface area (Å²) in [6.45, 7) is 0. The SMILES string of the molecule is C1=CC(c2ccccc2)CC=C1N(c1cccc(-c2ccc(-c3ccccc3)cc2)c1)c1ccc2ccc3oc(-c4ccccc4)nc3c2c1. The fourth-order valence-electron chi connectivity index (χ4n) is 7.02. The molecule has 1 atom stereocenters. The van der Waals surface area contributed by atoms with Gasteiger partial charge in [-0.3, -0.25) is 0 Å². The molecule has 1 aliphatic carbocycles. The van der Waals surface area contributed by atoms with E-state index in [4.69, 9.17) is 9.40 Å². The van der Waals surface area contributed by atoms with Gasteiger partial charge in [-0.15, -0.1) is 0 Å². The lowest BCUT2D eigenvalue weighted by molar-refractivity contribution is 0.620. The zero-order valence-corrected chi connectivity index (χ0v) is 27.5. The molecule has 0 saturated carbocycles. The predicted octanol–water partition coefficient (Wildman–Crippen LogP) is 12.7. The van der Waals surface area contributed by atoms with Crippen LogP contribution in [-0.2, 0) is 0 Å². The van der Waals surface area contributed by atoms with Gasteiger partial charge in [0.15, 0.2) is 5.58 Å². The first kappa shape index (κ1) is 29.7. The number of allylic oxidation sites excluding steroid dienone is 3. The first-order chi connectivity index (χ1) is 24.8. The van der Waals surface area contributed by atoms with Crippen molar-refractivity contribution in [3.8, 4) is 33.7 Å². The number of hydrogen-bond acceptors (Lipinski definition) is 3. The third kappa shape index (κ3) is 5.69. The molecule has 3 heteroatoms. The zero-order valence-electron chi connectivity index (χ0n) is 27.5. The molecule has 7 aromatic carbocycles. The number of anilines is 2. The Morgan fingerprint density at radius 1 is 0.540 bits per heavy atom. The van der Waals surface area contributed by atoms with Gasteiger partial charge in [0.2, 0.25) is 5.89 Å². The number of benzene rings is 7. The normalized spacial score (nSPS) is 14.2. The smallest absolute Gasteiger partial charge is 0.227 e. The standard InChI is InChI=1S/C47H34N2O/c1-4-11-33(12-5-1)35-19-21-37(22-20-35)40-17-10-18-42(31-40)49(41-27-23-36(24-28-41)34-13-6-2-7-14-34)43-29-25-38-26-30-45-46(44(38)32-43)48-47(50-45)39-15-8-3-9-16-39/h1-23,25-32,36H,24H2. The van der Waals surface area contributed by atoms with Crippen molar-refractivity contribution >= 4 is 33.2 Å². The van der Waals surface area contributed by atoms with Crippen LogP contribution in [0.25, 0.3) is 55.6 Å².